The number of benzene rings is 2. The zero-order valence-electron chi connectivity index (χ0n) is 17.2. The number of carbonyl (C=O) groups is 2. The zero-order chi connectivity index (χ0) is 22.8. The second-order valence-corrected chi connectivity index (χ2v) is 7.28. The second kappa shape index (κ2) is 8.68. The molecule has 1 aliphatic rings. The quantitative estimate of drug-likeness (QED) is 0.358. The van der Waals surface area contributed by atoms with Gasteiger partial charge >= 0.3 is 5.91 Å². The van der Waals surface area contributed by atoms with E-state index in [2.05, 4.69) is 9.97 Å². The third-order valence-corrected chi connectivity index (χ3v) is 5.31. The van der Waals surface area contributed by atoms with Crippen LogP contribution in [0.2, 0.25) is 5.02 Å². The fourth-order valence-electron chi connectivity index (χ4n) is 3.56. The van der Waals surface area contributed by atoms with Crippen molar-refractivity contribution < 1.29 is 24.2 Å². The Hall–Kier alpha value is -3.91. The topological polar surface area (TPSA) is 102 Å². The second-order valence-electron chi connectivity index (χ2n) is 6.84. The zero-order valence-corrected chi connectivity index (χ0v) is 17.9. The third kappa shape index (κ3) is 3.65. The van der Waals surface area contributed by atoms with E-state index in [4.69, 9.17) is 21.1 Å². The van der Waals surface area contributed by atoms with Crippen LogP contribution in [0.4, 0.5) is 5.95 Å². The lowest BCUT2D eigenvalue weighted by atomic mass is 9.95. The minimum atomic E-state index is -0.993. The average molecular weight is 452 g/mol. The maximum atomic E-state index is 13.1. The molecule has 0 bridgehead atoms. The molecule has 0 saturated carbocycles. The maximum Gasteiger partial charge on any atom is 0.302 e. The van der Waals surface area contributed by atoms with E-state index < -0.39 is 17.7 Å². The predicted molar refractivity (Wildman–Crippen MR) is 118 cm³/mol. The SMILES string of the molecule is COc1ccc(C2/C(=C(/O)c3ccc(Cl)cc3)C(=O)C(=O)N2c2ncccn2)cc1OC. The molecule has 9 heteroatoms. The Morgan fingerprint density at radius 3 is 2.28 bits per heavy atom. The Kier molecular flexibility index (Phi) is 5.79. The number of ketones is 1. The van der Waals surface area contributed by atoms with E-state index in [-0.39, 0.29) is 17.3 Å². The Labute approximate surface area is 188 Å². The number of carbonyl (C=O) groups excluding carboxylic acids is 2. The van der Waals surface area contributed by atoms with Crippen molar-refractivity contribution in [1.29, 1.82) is 0 Å². The number of hydrogen-bond donors (Lipinski definition) is 1. The van der Waals surface area contributed by atoms with Gasteiger partial charge in [-0.25, -0.2) is 9.97 Å². The highest BCUT2D eigenvalue weighted by Gasteiger charge is 2.48. The van der Waals surface area contributed by atoms with Gasteiger partial charge in [0.1, 0.15) is 5.76 Å². The minimum Gasteiger partial charge on any atom is -0.507 e. The monoisotopic (exact) mass is 451 g/mol. The van der Waals surface area contributed by atoms with E-state index in [0.29, 0.717) is 27.6 Å². The number of halogens is 1. The fourth-order valence-corrected chi connectivity index (χ4v) is 3.68. The van der Waals surface area contributed by atoms with E-state index in [9.17, 15) is 14.7 Å². The molecule has 1 atom stereocenters. The van der Waals surface area contributed by atoms with Crippen LogP contribution in [0.5, 0.6) is 11.5 Å². The largest absolute Gasteiger partial charge is 0.507 e. The highest BCUT2D eigenvalue weighted by molar-refractivity contribution is 6.51. The van der Waals surface area contributed by atoms with Gasteiger partial charge in [0, 0.05) is 23.0 Å². The Bertz CT molecular complexity index is 1210. The molecule has 1 unspecified atom stereocenters. The number of amides is 1. The van der Waals surface area contributed by atoms with E-state index in [0.717, 1.165) is 4.90 Å². The van der Waals surface area contributed by atoms with Crippen LogP contribution in [0, 0.1) is 0 Å². The van der Waals surface area contributed by atoms with Crippen molar-refractivity contribution >= 4 is 35.0 Å². The number of methoxy groups -OCH3 is 2. The van der Waals surface area contributed by atoms with Crippen LogP contribution in [0.3, 0.4) is 0 Å². The summed E-state index contributed by atoms with van der Waals surface area (Å²) in [5, 5.41) is 11.5. The first-order chi connectivity index (χ1) is 15.5. The van der Waals surface area contributed by atoms with Gasteiger partial charge in [-0.15, -0.1) is 0 Å². The molecule has 1 fully saturated rings. The highest BCUT2D eigenvalue weighted by atomic mass is 35.5. The first-order valence-corrected chi connectivity index (χ1v) is 9.90. The van der Waals surface area contributed by atoms with Gasteiger partial charge in [0.2, 0.25) is 5.95 Å². The lowest BCUT2D eigenvalue weighted by Gasteiger charge is -2.24. The van der Waals surface area contributed by atoms with Crippen LogP contribution in [0.15, 0.2) is 66.5 Å². The van der Waals surface area contributed by atoms with Crippen molar-refractivity contribution in [2.45, 2.75) is 6.04 Å². The summed E-state index contributed by atoms with van der Waals surface area (Å²) in [4.78, 5) is 35.6. The minimum absolute atomic E-state index is 0.0320. The number of ether oxygens (including phenoxy) is 2. The van der Waals surface area contributed by atoms with Gasteiger partial charge in [-0.05, 0) is 48.0 Å². The number of rotatable bonds is 5. The molecule has 3 aromatic rings. The number of anilines is 1. The summed E-state index contributed by atoms with van der Waals surface area (Å²) in [6.07, 6.45) is 2.93. The third-order valence-electron chi connectivity index (χ3n) is 5.05. The van der Waals surface area contributed by atoms with E-state index >= 15 is 0 Å². The van der Waals surface area contributed by atoms with E-state index in [1.807, 2.05) is 0 Å². The lowest BCUT2D eigenvalue weighted by molar-refractivity contribution is -0.132. The Morgan fingerprint density at radius 1 is 1.00 bits per heavy atom. The van der Waals surface area contributed by atoms with E-state index in [1.165, 1.54) is 26.6 Å². The predicted octanol–water partition coefficient (Wildman–Crippen LogP) is 3.77. The van der Waals surface area contributed by atoms with Crippen molar-refractivity contribution in [3.63, 3.8) is 0 Å². The summed E-state index contributed by atoms with van der Waals surface area (Å²) >= 11 is 5.95. The molecule has 1 amide bonds. The summed E-state index contributed by atoms with van der Waals surface area (Å²) in [7, 11) is 2.98. The van der Waals surface area contributed by atoms with Gasteiger partial charge in [0.15, 0.2) is 11.5 Å². The van der Waals surface area contributed by atoms with Crippen LogP contribution < -0.4 is 14.4 Å². The van der Waals surface area contributed by atoms with Gasteiger partial charge in [-0.1, -0.05) is 17.7 Å². The van der Waals surface area contributed by atoms with E-state index in [1.54, 1.807) is 48.5 Å². The molecule has 162 valence electrons. The van der Waals surface area contributed by atoms with Crippen LogP contribution in [-0.2, 0) is 9.59 Å². The molecule has 1 aromatic heterocycles. The number of aliphatic hydroxyl groups excluding tert-OH is 1. The summed E-state index contributed by atoms with van der Waals surface area (Å²) in [5.41, 5.74) is 0.744. The molecular weight excluding hydrogens is 434 g/mol. The molecule has 8 nitrogen and oxygen atoms in total. The Balaban J connectivity index is 1.96. The maximum absolute atomic E-state index is 13.1. The number of hydrogen-bond acceptors (Lipinski definition) is 7. The molecule has 0 aliphatic carbocycles. The summed E-state index contributed by atoms with van der Waals surface area (Å²) in [6, 6.07) is 11.9. The molecule has 4 rings (SSSR count). The van der Waals surface area contributed by atoms with Gasteiger partial charge in [0.25, 0.3) is 5.78 Å². The molecule has 2 aromatic carbocycles. The summed E-state index contributed by atoms with van der Waals surface area (Å²) < 4.78 is 10.7. The van der Waals surface area contributed by atoms with Crippen LogP contribution >= 0.6 is 11.6 Å². The van der Waals surface area contributed by atoms with Crippen LogP contribution in [-0.4, -0.2) is 41.0 Å². The van der Waals surface area contributed by atoms with Gasteiger partial charge in [0.05, 0.1) is 25.8 Å². The van der Waals surface area contributed by atoms with Crippen molar-refractivity contribution in [2.24, 2.45) is 0 Å². The normalized spacial score (nSPS) is 17.5. The molecule has 2 heterocycles. The van der Waals surface area contributed by atoms with Crippen molar-refractivity contribution in [3.8, 4) is 11.5 Å². The van der Waals surface area contributed by atoms with Crippen molar-refractivity contribution in [2.75, 3.05) is 19.1 Å². The number of aliphatic hydroxyl groups is 1. The number of aromatic nitrogens is 2. The highest BCUT2D eigenvalue weighted by Crippen LogP contribution is 2.43. The molecule has 1 saturated heterocycles. The Morgan fingerprint density at radius 2 is 1.66 bits per heavy atom. The molecular formula is C23H18ClN3O5. The molecule has 1 N–H and O–H groups in total. The average Bonchev–Trinajstić information content (AvgIpc) is 3.09. The fraction of sp³-hybridized carbons (Fsp3) is 0.130. The van der Waals surface area contributed by atoms with Gasteiger partial charge < -0.3 is 14.6 Å². The molecule has 1 aliphatic heterocycles. The first-order valence-electron chi connectivity index (χ1n) is 9.52. The standard InChI is InChI=1S/C23H18ClN3O5/c1-31-16-9-6-14(12-17(16)32-2)19-18(20(28)13-4-7-15(24)8-5-13)21(29)22(30)27(19)23-25-10-3-11-26-23/h3-12,19,28H,1-2H3/b20-18-. The van der Waals surface area contributed by atoms with Crippen molar-refractivity contribution in [3.05, 3.63) is 82.6 Å². The summed E-state index contributed by atoms with van der Waals surface area (Å²) in [5.74, 6) is -1.14. The number of Topliss-reactive ketones (excluding diaryl/α,β-unsaturated/α-hetero) is 1. The molecule has 0 spiro atoms. The van der Waals surface area contributed by atoms with Crippen LogP contribution in [0.1, 0.15) is 17.2 Å². The van der Waals surface area contributed by atoms with Crippen molar-refractivity contribution in [1.82, 2.24) is 9.97 Å². The van der Waals surface area contributed by atoms with Crippen LogP contribution in [0.25, 0.3) is 5.76 Å². The first kappa shape index (κ1) is 21.3. The van der Waals surface area contributed by atoms with Gasteiger partial charge in [-0.3, -0.25) is 14.5 Å². The smallest absolute Gasteiger partial charge is 0.302 e. The molecule has 0 radical (unpaired) electrons. The van der Waals surface area contributed by atoms with Gasteiger partial charge in [-0.2, -0.15) is 0 Å². The lowest BCUT2D eigenvalue weighted by Crippen LogP contribution is -2.31. The molecule has 32 heavy (non-hydrogen) atoms. The number of nitrogens with zero attached hydrogens (tertiary/aromatic N) is 3. The summed E-state index contributed by atoms with van der Waals surface area (Å²) in [6.45, 7) is 0.